The highest BCUT2D eigenvalue weighted by molar-refractivity contribution is 5.07. The zero-order valence-electron chi connectivity index (χ0n) is 8.33. The van der Waals surface area contributed by atoms with Gasteiger partial charge < -0.3 is 10.2 Å². The first-order chi connectivity index (χ1) is 6.33. The molecule has 0 unspecified atom stereocenters. The van der Waals surface area contributed by atoms with Crippen LogP contribution in [0.1, 0.15) is 5.56 Å². The van der Waals surface area contributed by atoms with Crippen LogP contribution in [0.3, 0.4) is 0 Å². The molecule has 0 aliphatic carbocycles. The van der Waals surface area contributed by atoms with Crippen molar-refractivity contribution in [2.75, 3.05) is 27.2 Å². The summed E-state index contributed by atoms with van der Waals surface area (Å²) in [5, 5.41) is 3.13. The van der Waals surface area contributed by atoms with Gasteiger partial charge in [-0.2, -0.15) is 0 Å². The van der Waals surface area contributed by atoms with E-state index in [0.29, 0.717) is 0 Å². The van der Waals surface area contributed by atoms with E-state index < -0.39 is 0 Å². The topological polar surface area (TPSA) is 28.2 Å². The van der Waals surface area contributed by atoms with E-state index in [-0.39, 0.29) is 0 Å². The summed E-state index contributed by atoms with van der Waals surface area (Å²) in [4.78, 5) is 6.35. The van der Waals surface area contributed by atoms with Gasteiger partial charge in [-0.1, -0.05) is 6.07 Å². The summed E-state index contributed by atoms with van der Waals surface area (Å²) in [5.74, 6) is 0. The van der Waals surface area contributed by atoms with Gasteiger partial charge in [0.2, 0.25) is 0 Å². The zero-order chi connectivity index (χ0) is 9.52. The van der Waals surface area contributed by atoms with Gasteiger partial charge >= 0.3 is 0 Å². The maximum absolute atomic E-state index is 4.08. The van der Waals surface area contributed by atoms with E-state index in [1.165, 1.54) is 5.56 Å². The van der Waals surface area contributed by atoms with Crippen molar-refractivity contribution in [3.05, 3.63) is 30.1 Å². The highest BCUT2D eigenvalue weighted by Gasteiger charge is 1.98. The number of rotatable bonds is 5. The number of nitrogens with zero attached hydrogens (tertiary/aromatic N) is 2. The number of pyridine rings is 1. The summed E-state index contributed by atoms with van der Waals surface area (Å²) >= 11 is 0. The predicted molar refractivity (Wildman–Crippen MR) is 54.5 cm³/mol. The third-order valence-electron chi connectivity index (χ3n) is 1.92. The average molecular weight is 179 g/mol. The monoisotopic (exact) mass is 179 g/mol. The first-order valence-corrected chi connectivity index (χ1v) is 4.55. The van der Waals surface area contributed by atoms with Gasteiger partial charge in [-0.15, -0.1) is 0 Å². The molecule has 0 aliphatic heterocycles. The van der Waals surface area contributed by atoms with Crippen molar-refractivity contribution in [3.63, 3.8) is 0 Å². The second kappa shape index (κ2) is 5.67. The second-order valence-corrected chi connectivity index (χ2v) is 3.20. The Morgan fingerprint density at radius 2 is 2.38 bits per heavy atom. The van der Waals surface area contributed by atoms with Gasteiger partial charge in [0, 0.05) is 32.0 Å². The number of aromatic nitrogens is 1. The Bertz CT molecular complexity index is 223. The molecule has 1 aromatic rings. The van der Waals surface area contributed by atoms with Crippen molar-refractivity contribution < 1.29 is 0 Å². The van der Waals surface area contributed by atoms with Crippen LogP contribution >= 0.6 is 0 Å². The molecule has 1 rings (SSSR count). The number of hydrogen-bond acceptors (Lipinski definition) is 3. The Morgan fingerprint density at radius 1 is 1.54 bits per heavy atom. The van der Waals surface area contributed by atoms with Crippen LogP contribution in [-0.2, 0) is 6.54 Å². The third kappa shape index (κ3) is 4.01. The summed E-state index contributed by atoms with van der Waals surface area (Å²) in [7, 11) is 4.09. The molecule has 3 heteroatoms. The summed E-state index contributed by atoms with van der Waals surface area (Å²) < 4.78 is 0. The highest BCUT2D eigenvalue weighted by atomic mass is 15.1. The number of nitrogens with one attached hydrogen (secondary N) is 1. The summed E-state index contributed by atoms with van der Waals surface area (Å²) in [6.07, 6.45) is 3.72. The van der Waals surface area contributed by atoms with E-state index in [0.717, 1.165) is 19.6 Å². The molecule has 3 nitrogen and oxygen atoms in total. The van der Waals surface area contributed by atoms with Crippen molar-refractivity contribution in [2.24, 2.45) is 0 Å². The fraction of sp³-hybridized carbons (Fsp3) is 0.500. The van der Waals surface area contributed by atoms with E-state index in [1.54, 1.807) is 6.20 Å². The Morgan fingerprint density at radius 3 is 3.00 bits per heavy atom. The van der Waals surface area contributed by atoms with Crippen LogP contribution in [0.2, 0.25) is 0 Å². The van der Waals surface area contributed by atoms with Crippen molar-refractivity contribution in [2.45, 2.75) is 6.54 Å². The molecule has 13 heavy (non-hydrogen) atoms. The van der Waals surface area contributed by atoms with Crippen molar-refractivity contribution in [1.82, 2.24) is 15.2 Å². The number of likely N-dealkylation sites (N-methyl/N-ethyl adjacent to an activating group) is 2. The molecule has 0 saturated heterocycles. The summed E-state index contributed by atoms with van der Waals surface area (Å²) in [5.41, 5.74) is 1.26. The largest absolute Gasteiger partial charge is 0.318 e. The van der Waals surface area contributed by atoms with Crippen LogP contribution in [0, 0.1) is 0 Å². The first kappa shape index (κ1) is 10.2. The van der Waals surface area contributed by atoms with E-state index in [2.05, 4.69) is 28.3 Å². The van der Waals surface area contributed by atoms with Crippen molar-refractivity contribution in [1.29, 1.82) is 0 Å². The quantitative estimate of drug-likeness (QED) is 0.722. The molecule has 0 radical (unpaired) electrons. The Hall–Kier alpha value is -0.930. The second-order valence-electron chi connectivity index (χ2n) is 3.20. The highest BCUT2D eigenvalue weighted by Crippen LogP contribution is 1.99. The summed E-state index contributed by atoms with van der Waals surface area (Å²) in [6, 6.07) is 4.07. The smallest absolute Gasteiger partial charge is 0.0312 e. The van der Waals surface area contributed by atoms with Crippen molar-refractivity contribution in [3.8, 4) is 0 Å². The molecule has 0 fully saturated rings. The van der Waals surface area contributed by atoms with Gasteiger partial charge in [-0.25, -0.2) is 0 Å². The molecular weight excluding hydrogens is 162 g/mol. The van der Waals surface area contributed by atoms with Crippen LogP contribution in [0.5, 0.6) is 0 Å². The van der Waals surface area contributed by atoms with Gasteiger partial charge in [0.1, 0.15) is 0 Å². The zero-order valence-corrected chi connectivity index (χ0v) is 8.33. The third-order valence-corrected chi connectivity index (χ3v) is 1.92. The fourth-order valence-electron chi connectivity index (χ4n) is 1.19. The fourth-order valence-corrected chi connectivity index (χ4v) is 1.19. The first-order valence-electron chi connectivity index (χ1n) is 4.55. The normalized spacial score (nSPS) is 10.7. The Balaban J connectivity index is 2.32. The van der Waals surface area contributed by atoms with E-state index in [9.17, 15) is 0 Å². The predicted octanol–water partition coefficient (Wildman–Crippen LogP) is 0.733. The van der Waals surface area contributed by atoms with E-state index in [4.69, 9.17) is 0 Å². The Kier molecular flexibility index (Phi) is 4.43. The van der Waals surface area contributed by atoms with Crippen LogP contribution in [0.4, 0.5) is 0 Å². The van der Waals surface area contributed by atoms with Gasteiger partial charge in [0.05, 0.1) is 0 Å². The molecule has 0 aromatic carbocycles. The lowest BCUT2D eigenvalue weighted by atomic mass is 10.3. The Labute approximate surface area is 79.8 Å². The lowest BCUT2D eigenvalue weighted by molar-refractivity contribution is 0.328. The van der Waals surface area contributed by atoms with E-state index >= 15 is 0 Å². The minimum atomic E-state index is 0.968. The lowest BCUT2D eigenvalue weighted by Gasteiger charge is -2.15. The molecule has 72 valence electrons. The molecular formula is C10H17N3. The maximum Gasteiger partial charge on any atom is 0.0312 e. The summed E-state index contributed by atoms with van der Waals surface area (Å²) in [6.45, 7) is 3.05. The van der Waals surface area contributed by atoms with Gasteiger partial charge in [0.15, 0.2) is 0 Å². The van der Waals surface area contributed by atoms with Crippen LogP contribution in [0.15, 0.2) is 24.5 Å². The molecule has 1 N–H and O–H groups in total. The van der Waals surface area contributed by atoms with Crippen LogP contribution in [0.25, 0.3) is 0 Å². The molecule has 0 spiro atoms. The van der Waals surface area contributed by atoms with Gasteiger partial charge in [-0.3, -0.25) is 4.98 Å². The lowest BCUT2D eigenvalue weighted by Crippen LogP contribution is -2.26. The molecule has 0 bridgehead atoms. The van der Waals surface area contributed by atoms with Gasteiger partial charge in [0.25, 0.3) is 0 Å². The number of hydrogen-bond donors (Lipinski definition) is 1. The molecule has 0 atom stereocenters. The minimum Gasteiger partial charge on any atom is -0.318 e. The van der Waals surface area contributed by atoms with Crippen LogP contribution < -0.4 is 5.32 Å². The van der Waals surface area contributed by atoms with Crippen LogP contribution in [-0.4, -0.2) is 37.1 Å². The maximum atomic E-state index is 4.08. The molecule has 0 saturated carbocycles. The molecule has 0 amide bonds. The molecule has 1 heterocycles. The van der Waals surface area contributed by atoms with E-state index in [1.807, 2.05) is 19.3 Å². The molecule has 0 aliphatic rings. The molecule has 1 aromatic heterocycles. The standard InChI is InChI=1S/C10H17N3/c1-11-6-7-13(2)9-10-4-3-5-12-8-10/h3-5,8,11H,6-7,9H2,1-2H3. The SMILES string of the molecule is CNCCN(C)Cc1cccnc1. The minimum absolute atomic E-state index is 0.968. The van der Waals surface area contributed by atoms with Crippen molar-refractivity contribution >= 4 is 0 Å². The average Bonchev–Trinajstić information content (AvgIpc) is 2.16. The van der Waals surface area contributed by atoms with Gasteiger partial charge in [-0.05, 0) is 25.7 Å².